The van der Waals surface area contributed by atoms with Gasteiger partial charge in [0, 0.05) is 23.2 Å². The van der Waals surface area contributed by atoms with Gasteiger partial charge in [-0.15, -0.1) is 11.8 Å². The molecular weight excluding hydrogens is 390 g/mol. The van der Waals surface area contributed by atoms with E-state index < -0.39 is 18.0 Å². The number of aliphatic hydroxyl groups is 1. The van der Waals surface area contributed by atoms with E-state index in [0.717, 1.165) is 47.9 Å². The Hall–Kier alpha value is -1.09. The minimum absolute atomic E-state index is 0.0499. The summed E-state index contributed by atoms with van der Waals surface area (Å²) in [5.74, 6) is -1.38. The molecule has 3 saturated heterocycles. The molecule has 2 N–H and O–H groups in total. The Balaban J connectivity index is 1.46. The van der Waals surface area contributed by atoms with Crippen LogP contribution in [0.3, 0.4) is 0 Å². The number of hydrogen-bond donors (Lipinski definition) is 2. The van der Waals surface area contributed by atoms with Gasteiger partial charge in [-0.1, -0.05) is 6.92 Å². The molecule has 0 spiro atoms. The number of nitrogens with one attached hydrogen (secondary N) is 1. The number of thioether (sulfide) groups is 1. The molecule has 0 radical (unpaired) electrons. The number of quaternary nitrogens is 1. The fourth-order valence-electron chi connectivity index (χ4n) is 5.93. The lowest BCUT2D eigenvalue weighted by Gasteiger charge is -2.47. The lowest BCUT2D eigenvalue weighted by Crippen LogP contribution is -2.64. The monoisotopic (exact) mass is 423 g/mol. The van der Waals surface area contributed by atoms with Gasteiger partial charge in [0.25, 0.3) is 0 Å². The SMILES string of the molecule is CC(O)[C@H]1C(=O)N2C(C(=O)[O-])=C(S[C@@H]3CC[N+](C)(CC4CCNCC4)C3)[C@H](C)[C@H]12. The molecule has 4 rings (SSSR count). The van der Waals surface area contributed by atoms with Gasteiger partial charge in [0.1, 0.15) is 0 Å². The minimum Gasteiger partial charge on any atom is -0.543 e. The molecule has 29 heavy (non-hydrogen) atoms. The van der Waals surface area contributed by atoms with Crippen molar-refractivity contribution in [2.24, 2.45) is 17.8 Å². The summed E-state index contributed by atoms with van der Waals surface area (Å²) in [5, 5.41) is 25.7. The minimum atomic E-state index is -1.27. The van der Waals surface area contributed by atoms with Crippen LogP contribution in [0, 0.1) is 17.8 Å². The van der Waals surface area contributed by atoms with Crippen LogP contribution in [0.4, 0.5) is 0 Å². The van der Waals surface area contributed by atoms with Crippen molar-refractivity contribution in [2.75, 3.05) is 39.8 Å². The second kappa shape index (κ2) is 7.87. The number of nitrogens with zero attached hydrogens (tertiary/aromatic N) is 2. The first-order valence-corrected chi connectivity index (χ1v) is 11.8. The molecule has 0 aliphatic carbocycles. The fraction of sp³-hybridized carbons (Fsp3) is 0.810. The standard InChI is InChI=1S/C21H33N3O4S/c1-12-17-16(13(2)25)20(26)23(17)18(21(27)28)19(12)29-15-6-9-24(3,11-15)10-14-4-7-22-8-5-14/h12-17,22,25H,4-11H2,1-3H3/t12-,13?,15-,16-,17-,24?/m1/s1. The van der Waals surface area contributed by atoms with Gasteiger partial charge >= 0.3 is 0 Å². The highest BCUT2D eigenvalue weighted by Gasteiger charge is 2.59. The zero-order valence-electron chi connectivity index (χ0n) is 17.6. The van der Waals surface area contributed by atoms with Crippen LogP contribution >= 0.6 is 11.8 Å². The number of carbonyl (C=O) groups excluding carboxylic acids is 2. The van der Waals surface area contributed by atoms with E-state index in [2.05, 4.69) is 12.4 Å². The topological polar surface area (TPSA) is 92.7 Å². The Bertz CT molecular complexity index is 721. The van der Waals surface area contributed by atoms with Crippen LogP contribution in [0.1, 0.15) is 33.1 Å². The van der Waals surface area contributed by atoms with Crippen molar-refractivity contribution in [3.8, 4) is 0 Å². The highest BCUT2D eigenvalue weighted by molar-refractivity contribution is 8.03. The van der Waals surface area contributed by atoms with Crippen molar-refractivity contribution >= 4 is 23.6 Å². The van der Waals surface area contributed by atoms with E-state index in [-0.39, 0.29) is 23.6 Å². The van der Waals surface area contributed by atoms with E-state index in [9.17, 15) is 19.8 Å². The third kappa shape index (κ3) is 3.73. The fourth-order valence-corrected chi connectivity index (χ4v) is 7.59. The van der Waals surface area contributed by atoms with E-state index >= 15 is 0 Å². The number of rotatable bonds is 6. The van der Waals surface area contributed by atoms with Crippen LogP contribution in [-0.2, 0) is 9.59 Å². The van der Waals surface area contributed by atoms with E-state index in [0.29, 0.717) is 5.25 Å². The zero-order chi connectivity index (χ0) is 20.9. The predicted molar refractivity (Wildman–Crippen MR) is 109 cm³/mol. The number of fused-ring (bicyclic) bond motifs is 1. The van der Waals surface area contributed by atoms with E-state index in [4.69, 9.17) is 0 Å². The number of carboxylic acid groups (broad SMARTS) is 1. The number of amides is 1. The van der Waals surface area contributed by atoms with Gasteiger partial charge in [0.2, 0.25) is 5.91 Å². The number of piperidine rings is 1. The van der Waals surface area contributed by atoms with E-state index in [1.54, 1.807) is 18.7 Å². The number of carbonyl (C=O) groups is 2. The number of β-lactam (4-membered cyclic amide) rings is 1. The van der Waals surface area contributed by atoms with Gasteiger partial charge in [0.15, 0.2) is 0 Å². The molecular formula is C21H33N3O4S. The van der Waals surface area contributed by atoms with Gasteiger partial charge in [-0.2, -0.15) is 0 Å². The molecule has 0 aromatic heterocycles. The second-order valence-electron chi connectivity index (χ2n) is 9.68. The van der Waals surface area contributed by atoms with Crippen LogP contribution in [0.15, 0.2) is 10.6 Å². The molecule has 8 heteroatoms. The summed E-state index contributed by atoms with van der Waals surface area (Å²) >= 11 is 1.64. The van der Waals surface area contributed by atoms with Gasteiger partial charge < -0.3 is 29.7 Å². The van der Waals surface area contributed by atoms with Crippen molar-refractivity contribution in [3.63, 3.8) is 0 Å². The molecule has 0 aromatic rings. The van der Waals surface area contributed by atoms with Crippen molar-refractivity contribution in [1.29, 1.82) is 0 Å². The largest absolute Gasteiger partial charge is 0.543 e. The summed E-state index contributed by atoms with van der Waals surface area (Å²) in [5.41, 5.74) is 0.0499. The summed E-state index contributed by atoms with van der Waals surface area (Å²) in [4.78, 5) is 26.5. The Labute approximate surface area is 177 Å². The van der Waals surface area contributed by atoms with Crippen LogP contribution in [0.2, 0.25) is 0 Å². The smallest absolute Gasteiger partial charge is 0.235 e. The zero-order valence-corrected chi connectivity index (χ0v) is 18.4. The van der Waals surface area contributed by atoms with Gasteiger partial charge in [-0.3, -0.25) is 4.79 Å². The Kier molecular flexibility index (Phi) is 5.74. The maximum absolute atomic E-state index is 12.5. The van der Waals surface area contributed by atoms with Crippen LogP contribution in [0.5, 0.6) is 0 Å². The lowest BCUT2D eigenvalue weighted by atomic mass is 9.79. The van der Waals surface area contributed by atoms with E-state index in [1.807, 2.05) is 6.92 Å². The van der Waals surface area contributed by atoms with Crippen LogP contribution < -0.4 is 10.4 Å². The molecule has 0 aromatic carbocycles. The summed E-state index contributed by atoms with van der Waals surface area (Å²) < 4.78 is 1.05. The second-order valence-corrected chi connectivity index (χ2v) is 11.0. The van der Waals surface area contributed by atoms with E-state index in [1.165, 1.54) is 24.3 Å². The van der Waals surface area contributed by atoms with Crippen molar-refractivity contribution in [2.45, 2.75) is 50.5 Å². The van der Waals surface area contributed by atoms with Gasteiger partial charge in [-0.25, -0.2) is 0 Å². The van der Waals surface area contributed by atoms with Crippen molar-refractivity contribution in [1.82, 2.24) is 10.2 Å². The molecule has 2 unspecified atom stereocenters. The first-order valence-electron chi connectivity index (χ1n) is 10.9. The third-order valence-electron chi connectivity index (χ3n) is 7.39. The molecule has 0 bridgehead atoms. The van der Waals surface area contributed by atoms with Gasteiger partial charge in [0.05, 0.1) is 61.7 Å². The number of likely N-dealkylation sites (tertiary alicyclic amines) is 1. The van der Waals surface area contributed by atoms with Crippen molar-refractivity contribution in [3.05, 3.63) is 10.6 Å². The number of carboxylic acids is 1. The first-order chi connectivity index (χ1) is 13.7. The average molecular weight is 424 g/mol. The summed E-state index contributed by atoms with van der Waals surface area (Å²) in [7, 11) is 2.33. The molecule has 6 atom stereocenters. The Morgan fingerprint density at radius 3 is 2.69 bits per heavy atom. The summed E-state index contributed by atoms with van der Waals surface area (Å²) in [6, 6.07) is -0.255. The Morgan fingerprint density at radius 1 is 1.38 bits per heavy atom. The molecule has 0 saturated carbocycles. The molecule has 7 nitrogen and oxygen atoms in total. The Morgan fingerprint density at radius 2 is 2.07 bits per heavy atom. The van der Waals surface area contributed by atoms with Crippen LogP contribution in [0.25, 0.3) is 0 Å². The lowest BCUT2D eigenvalue weighted by molar-refractivity contribution is -0.900. The molecule has 162 valence electrons. The number of hydrogen-bond acceptors (Lipinski definition) is 6. The highest BCUT2D eigenvalue weighted by atomic mass is 32.2. The molecule has 4 aliphatic rings. The normalized spacial score (nSPS) is 38.9. The average Bonchev–Trinajstić information content (AvgIpc) is 3.12. The maximum atomic E-state index is 12.5. The predicted octanol–water partition coefficient (Wildman–Crippen LogP) is -0.243. The third-order valence-corrected chi connectivity index (χ3v) is 8.93. The van der Waals surface area contributed by atoms with Gasteiger partial charge in [-0.05, 0) is 32.9 Å². The summed E-state index contributed by atoms with van der Waals surface area (Å²) in [6.45, 7) is 9.15. The van der Waals surface area contributed by atoms with Crippen molar-refractivity contribution < 1.29 is 24.3 Å². The highest BCUT2D eigenvalue weighted by Crippen LogP contribution is 2.52. The molecule has 4 aliphatic heterocycles. The van der Waals surface area contributed by atoms with Crippen LogP contribution in [-0.4, -0.2) is 83.5 Å². The molecule has 3 fully saturated rings. The first kappa shape index (κ1) is 21.2. The quantitative estimate of drug-likeness (QED) is 0.452. The number of aliphatic hydroxyl groups excluding tert-OH is 1. The maximum Gasteiger partial charge on any atom is 0.235 e. The molecule has 4 heterocycles. The summed E-state index contributed by atoms with van der Waals surface area (Å²) in [6.07, 6.45) is 2.76. The number of aliphatic carboxylic acids is 1. The molecule has 1 amide bonds.